The van der Waals surface area contributed by atoms with Crippen molar-refractivity contribution in [3.8, 4) is 0 Å². The molecule has 7 heteroatoms. The van der Waals surface area contributed by atoms with Gasteiger partial charge in [0.1, 0.15) is 5.82 Å². The highest BCUT2D eigenvalue weighted by Gasteiger charge is 2.30. The standard InChI is InChI=1S/C20H27N5O2/c1-15-19(22-10-9-21-15)23-11-13-25-12-8-17(18(14-25)27-2)24-20(26)16-6-4-3-5-7-16/h3-7,9-10,17-18H,8,11-14H2,1-2H3,(H,22,23)(H,24,26). The van der Waals surface area contributed by atoms with Gasteiger partial charge < -0.3 is 15.4 Å². The zero-order valence-electron chi connectivity index (χ0n) is 15.9. The summed E-state index contributed by atoms with van der Waals surface area (Å²) >= 11 is 0. The van der Waals surface area contributed by atoms with Crippen LogP contribution in [-0.4, -0.2) is 66.2 Å². The van der Waals surface area contributed by atoms with Crippen molar-refractivity contribution in [3.05, 3.63) is 54.0 Å². The normalized spacial score (nSPS) is 20.2. The van der Waals surface area contributed by atoms with Crippen molar-refractivity contribution in [2.45, 2.75) is 25.5 Å². The summed E-state index contributed by atoms with van der Waals surface area (Å²) in [5.41, 5.74) is 1.58. The zero-order chi connectivity index (χ0) is 19.1. The summed E-state index contributed by atoms with van der Waals surface area (Å²) in [6, 6.07) is 9.32. The molecule has 0 spiro atoms. The summed E-state index contributed by atoms with van der Waals surface area (Å²) in [4.78, 5) is 23.3. The first-order valence-corrected chi connectivity index (χ1v) is 9.30. The summed E-state index contributed by atoms with van der Waals surface area (Å²) in [5, 5.41) is 6.45. The Hall–Kier alpha value is -2.51. The molecule has 2 heterocycles. The van der Waals surface area contributed by atoms with Crippen molar-refractivity contribution in [3.63, 3.8) is 0 Å². The van der Waals surface area contributed by atoms with Gasteiger partial charge in [0.15, 0.2) is 0 Å². The van der Waals surface area contributed by atoms with Crippen molar-refractivity contribution in [1.29, 1.82) is 0 Å². The lowest BCUT2D eigenvalue weighted by Crippen LogP contribution is -2.55. The molecular weight excluding hydrogens is 342 g/mol. The SMILES string of the molecule is COC1CN(CCNc2nccnc2C)CCC1NC(=O)c1ccccc1. The van der Waals surface area contributed by atoms with Crippen LogP contribution in [0, 0.1) is 6.92 Å². The number of piperidine rings is 1. The van der Waals surface area contributed by atoms with Gasteiger partial charge in [-0.1, -0.05) is 18.2 Å². The fourth-order valence-electron chi connectivity index (χ4n) is 3.34. The molecule has 0 bridgehead atoms. The number of ether oxygens (including phenoxy) is 1. The van der Waals surface area contributed by atoms with Crippen molar-refractivity contribution in [1.82, 2.24) is 20.2 Å². The van der Waals surface area contributed by atoms with Gasteiger partial charge in [0.2, 0.25) is 0 Å². The number of nitrogens with zero attached hydrogens (tertiary/aromatic N) is 3. The molecule has 1 fully saturated rings. The molecule has 144 valence electrons. The summed E-state index contributed by atoms with van der Waals surface area (Å²) in [6.45, 7) is 5.32. The minimum atomic E-state index is -0.0455. The summed E-state index contributed by atoms with van der Waals surface area (Å²) in [7, 11) is 1.71. The molecular formula is C20H27N5O2. The lowest BCUT2D eigenvalue weighted by Gasteiger charge is -2.38. The molecule has 1 amide bonds. The first-order chi connectivity index (χ1) is 13.2. The molecule has 1 aromatic heterocycles. The molecule has 2 N–H and O–H groups in total. The molecule has 0 aliphatic carbocycles. The molecule has 1 aliphatic heterocycles. The van der Waals surface area contributed by atoms with Crippen LogP contribution in [0.4, 0.5) is 5.82 Å². The maximum Gasteiger partial charge on any atom is 0.251 e. The van der Waals surface area contributed by atoms with E-state index in [9.17, 15) is 4.79 Å². The molecule has 0 saturated carbocycles. The number of benzene rings is 1. The Labute approximate surface area is 160 Å². The van der Waals surface area contributed by atoms with E-state index in [4.69, 9.17) is 4.74 Å². The van der Waals surface area contributed by atoms with Crippen LogP contribution < -0.4 is 10.6 Å². The number of hydrogen-bond donors (Lipinski definition) is 2. The lowest BCUT2D eigenvalue weighted by molar-refractivity contribution is 0.00766. The number of nitrogens with one attached hydrogen (secondary N) is 2. The van der Waals surface area contributed by atoms with Crippen LogP contribution in [-0.2, 0) is 4.74 Å². The molecule has 1 aliphatic rings. The Bertz CT molecular complexity index is 740. The number of carbonyl (C=O) groups is 1. The largest absolute Gasteiger partial charge is 0.378 e. The number of aryl methyl sites for hydroxylation is 1. The van der Waals surface area contributed by atoms with Crippen LogP contribution in [0.2, 0.25) is 0 Å². The topological polar surface area (TPSA) is 79.4 Å². The number of carbonyl (C=O) groups excluding carboxylic acids is 1. The van der Waals surface area contributed by atoms with Crippen LogP contribution in [0.15, 0.2) is 42.7 Å². The highest BCUT2D eigenvalue weighted by Crippen LogP contribution is 2.15. The molecule has 3 rings (SSSR count). The Morgan fingerprint density at radius 1 is 1.26 bits per heavy atom. The average Bonchev–Trinajstić information content (AvgIpc) is 2.71. The van der Waals surface area contributed by atoms with Crippen LogP contribution in [0.5, 0.6) is 0 Å². The number of hydrogen-bond acceptors (Lipinski definition) is 6. The third-order valence-electron chi connectivity index (χ3n) is 4.90. The Kier molecular flexibility index (Phi) is 6.73. The van der Waals surface area contributed by atoms with Crippen molar-refractivity contribution in [2.24, 2.45) is 0 Å². The number of aromatic nitrogens is 2. The van der Waals surface area contributed by atoms with Gasteiger partial charge in [0, 0.05) is 51.2 Å². The van der Waals surface area contributed by atoms with E-state index < -0.39 is 0 Å². The highest BCUT2D eigenvalue weighted by atomic mass is 16.5. The van der Waals surface area contributed by atoms with Crippen LogP contribution in [0.25, 0.3) is 0 Å². The molecule has 1 saturated heterocycles. The van der Waals surface area contributed by atoms with Crippen LogP contribution in [0.1, 0.15) is 22.5 Å². The molecule has 2 atom stereocenters. The second-order valence-corrected chi connectivity index (χ2v) is 6.73. The zero-order valence-corrected chi connectivity index (χ0v) is 15.9. The fourth-order valence-corrected chi connectivity index (χ4v) is 3.34. The van der Waals surface area contributed by atoms with E-state index in [0.29, 0.717) is 5.56 Å². The summed E-state index contributed by atoms with van der Waals surface area (Å²) < 4.78 is 5.66. The Morgan fingerprint density at radius 2 is 2.04 bits per heavy atom. The average molecular weight is 369 g/mol. The second-order valence-electron chi connectivity index (χ2n) is 6.73. The predicted molar refractivity (Wildman–Crippen MR) is 105 cm³/mol. The van der Waals surface area contributed by atoms with E-state index in [2.05, 4.69) is 25.5 Å². The minimum absolute atomic E-state index is 0.0224. The van der Waals surface area contributed by atoms with E-state index in [1.165, 1.54) is 0 Å². The van der Waals surface area contributed by atoms with E-state index in [1.807, 2.05) is 37.3 Å². The predicted octanol–water partition coefficient (Wildman–Crippen LogP) is 1.72. The van der Waals surface area contributed by atoms with Crippen molar-refractivity contribution >= 4 is 11.7 Å². The quantitative estimate of drug-likeness (QED) is 0.774. The third-order valence-corrected chi connectivity index (χ3v) is 4.90. The lowest BCUT2D eigenvalue weighted by atomic mass is 10.0. The first kappa shape index (κ1) is 19.3. The third kappa shape index (κ3) is 5.24. The van der Waals surface area contributed by atoms with Crippen LogP contribution in [0.3, 0.4) is 0 Å². The number of anilines is 1. The molecule has 1 aromatic carbocycles. The Morgan fingerprint density at radius 3 is 2.78 bits per heavy atom. The monoisotopic (exact) mass is 369 g/mol. The first-order valence-electron chi connectivity index (χ1n) is 9.30. The molecule has 2 unspecified atom stereocenters. The summed E-state index contributed by atoms with van der Waals surface area (Å²) in [6.07, 6.45) is 4.22. The van der Waals surface area contributed by atoms with Gasteiger partial charge in [-0.2, -0.15) is 0 Å². The number of methoxy groups -OCH3 is 1. The number of likely N-dealkylation sites (tertiary alicyclic amines) is 1. The van der Waals surface area contributed by atoms with Gasteiger partial charge in [0.05, 0.1) is 17.8 Å². The maximum atomic E-state index is 12.4. The van der Waals surface area contributed by atoms with Gasteiger partial charge >= 0.3 is 0 Å². The smallest absolute Gasteiger partial charge is 0.251 e. The van der Waals surface area contributed by atoms with Gasteiger partial charge in [-0.05, 0) is 25.5 Å². The number of amides is 1. The molecule has 0 radical (unpaired) electrons. The molecule has 7 nitrogen and oxygen atoms in total. The Balaban J connectivity index is 1.47. The van der Waals surface area contributed by atoms with Crippen molar-refractivity contribution < 1.29 is 9.53 Å². The second kappa shape index (κ2) is 9.43. The van der Waals surface area contributed by atoms with Gasteiger partial charge in [-0.3, -0.25) is 14.7 Å². The molecule has 2 aromatic rings. The maximum absolute atomic E-state index is 12.4. The van der Waals surface area contributed by atoms with E-state index in [-0.39, 0.29) is 18.1 Å². The fraction of sp³-hybridized carbons (Fsp3) is 0.450. The molecule has 27 heavy (non-hydrogen) atoms. The van der Waals surface area contributed by atoms with Crippen LogP contribution >= 0.6 is 0 Å². The van der Waals surface area contributed by atoms with Gasteiger partial charge in [0.25, 0.3) is 5.91 Å². The highest BCUT2D eigenvalue weighted by molar-refractivity contribution is 5.94. The van der Waals surface area contributed by atoms with Crippen molar-refractivity contribution in [2.75, 3.05) is 38.6 Å². The minimum Gasteiger partial charge on any atom is -0.378 e. The van der Waals surface area contributed by atoms with E-state index in [0.717, 1.165) is 44.1 Å². The van der Waals surface area contributed by atoms with E-state index in [1.54, 1.807) is 19.5 Å². The van der Waals surface area contributed by atoms with Gasteiger partial charge in [-0.15, -0.1) is 0 Å². The van der Waals surface area contributed by atoms with E-state index >= 15 is 0 Å². The number of rotatable bonds is 7. The van der Waals surface area contributed by atoms with Gasteiger partial charge in [-0.25, -0.2) is 4.98 Å². The summed E-state index contributed by atoms with van der Waals surface area (Å²) in [5.74, 6) is 0.779.